The molecule has 0 saturated heterocycles. The van der Waals surface area contributed by atoms with E-state index >= 15 is 0 Å². The van der Waals surface area contributed by atoms with E-state index in [-0.39, 0.29) is 24.4 Å². The molecule has 0 aromatic heterocycles. The van der Waals surface area contributed by atoms with Crippen molar-refractivity contribution in [3.63, 3.8) is 0 Å². The van der Waals surface area contributed by atoms with Crippen LogP contribution in [-0.4, -0.2) is 40.0 Å². The van der Waals surface area contributed by atoms with E-state index < -0.39 is 11.5 Å². The molecule has 112 valence electrons. The van der Waals surface area contributed by atoms with Gasteiger partial charge in [-0.25, -0.2) is 0 Å². The first kappa shape index (κ1) is 17.9. The third-order valence-electron chi connectivity index (χ3n) is 3.09. The Balaban J connectivity index is 4.57. The van der Waals surface area contributed by atoms with Crippen LogP contribution in [0.15, 0.2) is 0 Å². The van der Waals surface area contributed by atoms with Crippen molar-refractivity contribution in [1.29, 1.82) is 0 Å². The summed E-state index contributed by atoms with van der Waals surface area (Å²) in [5, 5.41) is 8.92. The lowest BCUT2D eigenvalue weighted by molar-refractivity contribution is -0.150. The van der Waals surface area contributed by atoms with E-state index in [1.807, 2.05) is 34.6 Å². The SMILES string of the molecule is CC(N)CCCC(C)C(=O)N(CC(=O)O)C(C)(C)C. The van der Waals surface area contributed by atoms with Crippen LogP contribution in [0, 0.1) is 5.92 Å². The van der Waals surface area contributed by atoms with E-state index in [0.717, 1.165) is 19.3 Å². The fourth-order valence-electron chi connectivity index (χ4n) is 1.92. The molecule has 0 saturated carbocycles. The largest absolute Gasteiger partial charge is 0.480 e. The maximum atomic E-state index is 12.3. The molecule has 3 N–H and O–H groups in total. The molecule has 0 aliphatic rings. The molecule has 0 radical (unpaired) electrons. The average Bonchev–Trinajstić information content (AvgIpc) is 2.22. The number of nitrogens with two attached hydrogens (primary N) is 1. The summed E-state index contributed by atoms with van der Waals surface area (Å²) in [6.07, 6.45) is 2.51. The van der Waals surface area contributed by atoms with E-state index in [0.29, 0.717) is 0 Å². The number of carbonyl (C=O) groups is 2. The summed E-state index contributed by atoms with van der Waals surface area (Å²) >= 11 is 0. The van der Waals surface area contributed by atoms with Gasteiger partial charge in [0.15, 0.2) is 0 Å². The monoisotopic (exact) mass is 272 g/mol. The van der Waals surface area contributed by atoms with Crippen LogP contribution in [0.2, 0.25) is 0 Å². The standard InChI is InChI=1S/C14H28N2O3/c1-10(7-6-8-11(2)15)13(19)16(9-12(17)18)14(3,4)5/h10-11H,6-9,15H2,1-5H3,(H,17,18). The van der Waals surface area contributed by atoms with Crippen LogP contribution >= 0.6 is 0 Å². The first-order valence-corrected chi connectivity index (χ1v) is 6.84. The average molecular weight is 272 g/mol. The molecule has 0 fully saturated rings. The molecule has 5 nitrogen and oxygen atoms in total. The van der Waals surface area contributed by atoms with Gasteiger partial charge in [0.2, 0.25) is 5.91 Å². The zero-order valence-electron chi connectivity index (χ0n) is 12.8. The molecule has 2 atom stereocenters. The summed E-state index contributed by atoms with van der Waals surface area (Å²) in [6, 6.07) is 0.139. The minimum absolute atomic E-state index is 0.0976. The van der Waals surface area contributed by atoms with Crippen LogP contribution in [0.5, 0.6) is 0 Å². The highest BCUT2D eigenvalue weighted by Gasteiger charge is 2.31. The smallest absolute Gasteiger partial charge is 0.323 e. The molecule has 0 aromatic carbocycles. The lowest BCUT2D eigenvalue weighted by Gasteiger charge is -2.36. The molecular weight excluding hydrogens is 244 g/mol. The summed E-state index contributed by atoms with van der Waals surface area (Å²) in [5.41, 5.74) is 5.20. The van der Waals surface area contributed by atoms with Gasteiger partial charge in [0.1, 0.15) is 6.54 Å². The number of carbonyl (C=O) groups excluding carboxylic acids is 1. The van der Waals surface area contributed by atoms with Crippen molar-refractivity contribution in [2.24, 2.45) is 11.7 Å². The van der Waals surface area contributed by atoms with Crippen molar-refractivity contribution in [3.8, 4) is 0 Å². The third-order valence-corrected chi connectivity index (χ3v) is 3.09. The van der Waals surface area contributed by atoms with E-state index in [2.05, 4.69) is 0 Å². The van der Waals surface area contributed by atoms with Gasteiger partial charge < -0.3 is 15.7 Å². The van der Waals surface area contributed by atoms with Gasteiger partial charge in [-0.15, -0.1) is 0 Å². The molecule has 0 spiro atoms. The Morgan fingerprint density at radius 1 is 1.21 bits per heavy atom. The highest BCUT2D eigenvalue weighted by atomic mass is 16.4. The number of nitrogens with zero attached hydrogens (tertiary/aromatic N) is 1. The predicted molar refractivity (Wildman–Crippen MR) is 75.8 cm³/mol. The predicted octanol–water partition coefficient (Wildman–Crippen LogP) is 1.85. The van der Waals surface area contributed by atoms with Gasteiger partial charge in [-0.1, -0.05) is 13.3 Å². The maximum Gasteiger partial charge on any atom is 0.323 e. The van der Waals surface area contributed by atoms with Crippen molar-refractivity contribution in [2.75, 3.05) is 6.54 Å². The maximum absolute atomic E-state index is 12.3. The first-order valence-electron chi connectivity index (χ1n) is 6.84. The molecule has 0 aliphatic carbocycles. The van der Waals surface area contributed by atoms with E-state index in [4.69, 9.17) is 10.8 Å². The van der Waals surface area contributed by atoms with Gasteiger partial charge >= 0.3 is 5.97 Å². The second kappa shape index (κ2) is 7.48. The van der Waals surface area contributed by atoms with E-state index in [1.54, 1.807) is 0 Å². The minimum atomic E-state index is -0.981. The molecule has 0 rings (SSSR count). The Hall–Kier alpha value is -1.10. The highest BCUT2D eigenvalue weighted by molar-refractivity contribution is 5.83. The normalized spacial score (nSPS) is 14.8. The van der Waals surface area contributed by atoms with Gasteiger partial charge in [-0.3, -0.25) is 9.59 Å². The summed E-state index contributed by atoms with van der Waals surface area (Å²) in [6.45, 7) is 9.09. The zero-order valence-corrected chi connectivity index (χ0v) is 12.8. The second-order valence-corrected chi connectivity index (χ2v) is 6.30. The number of rotatable bonds is 7. The number of carboxylic acid groups (broad SMARTS) is 1. The lowest BCUT2D eigenvalue weighted by Crippen LogP contribution is -2.50. The molecule has 0 heterocycles. The van der Waals surface area contributed by atoms with Gasteiger partial charge in [0.25, 0.3) is 0 Å². The van der Waals surface area contributed by atoms with Crippen molar-refractivity contribution >= 4 is 11.9 Å². The van der Waals surface area contributed by atoms with Crippen LogP contribution in [0.1, 0.15) is 53.9 Å². The minimum Gasteiger partial charge on any atom is -0.480 e. The van der Waals surface area contributed by atoms with E-state index in [1.165, 1.54) is 4.90 Å². The Bertz CT molecular complexity index is 308. The van der Waals surface area contributed by atoms with Crippen LogP contribution in [0.25, 0.3) is 0 Å². The molecular formula is C14H28N2O3. The number of carboxylic acids is 1. The Kier molecular flexibility index (Phi) is 7.05. The lowest BCUT2D eigenvalue weighted by atomic mass is 9.97. The van der Waals surface area contributed by atoms with Crippen LogP contribution in [0.4, 0.5) is 0 Å². The Morgan fingerprint density at radius 2 is 1.74 bits per heavy atom. The second-order valence-electron chi connectivity index (χ2n) is 6.30. The third kappa shape index (κ3) is 7.15. The Morgan fingerprint density at radius 3 is 2.11 bits per heavy atom. The van der Waals surface area contributed by atoms with Crippen molar-refractivity contribution in [3.05, 3.63) is 0 Å². The highest BCUT2D eigenvalue weighted by Crippen LogP contribution is 2.19. The summed E-state index contributed by atoms with van der Waals surface area (Å²) < 4.78 is 0. The van der Waals surface area contributed by atoms with Crippen molar-refractivity contribution < 1.29 is 14.7 Å². The van der Waals surface area contributed by atoms with Gasteiger partial charge in [-0.05, 0) is 40.5 Å². The molecule has 1 amide bonds. The molecule has 19 heavy (non-hydrogen) atoms. The number of hydrogen-bond donors (Lipinski definition) is 2. The Labute approximate surface area is 116 Å². The van der Waals surface area contributed by atoms with Gasteiger partial charge in [0, 0.05) is 17.5 Å². The van der Waals surface area contributed by atoms with Crippen LogP contribution in [0.3, 0.4) is 0 Å². The molecule has 5 heteroatoms. The van der Waals surface area contributed by atoms with Crippen LogP contribution < -0.4 is 5.73 Å². The van der Waals surface area contributed by atoms with Gasteiger partial charge in [-0.2, -0.15) is 0 Å². The van der Waals surface area contributed by atoms with Crippen molar-refractivity contribution in [2.45, 2.75) is 65.5 Å². The molecule has 2 unspecified atom stereocenters. The summed E-state index contributed by atoms with van der Waals surface area (Å²) in [7, 11) is 0. The molecule has 0 aromatic rings. The molecule has 0 bridgehead atoms. The van der Waals surface area contributed by atoms with Crippen LogP contribution in [-0.2, 0) is 9.59 Å². The number of aliphatic carboxylic acids is 1. The fourth-order valence-corrected chi connectivity index (χ4v) is 1.92. The fraction of sp³-hybridized carbons (Fsp3) is 0.857. The first-order chi connectivity index (χ1) is 8.55. The number of amides is 1. The zero-order chi connectivity index (χ0) is 15.2. The van der Waals surface area contributed by atoms with Crippen molar-refractivity contribution in [1.82, 2.24) is 4.90 Å². The number of hydrogen-bond acceptors (Lipinski definition) is 3. The topological polar surface area (TPSA) is 83.6 Å². The van der Waals surface area contributed by atoms with E-state index in [9.17, 15) is 9.59 Å². The molecule has 0 aliphatic heterocycles. The summed E-state index contributed by atoms with van der Waals surface area (Å²) in [5.74, 6) is -1.25. The summed E-state index contributed by atoms with van der Waals surface area (Å²) in [4.78, 5) is 24.6. The van der Waals surface area contributed by atoms with Gasteiger partial charge in [0.05, 0.1) is 0 Å². The quantitative estimate of drug-likeness (QED) is 0.741.